The maximum Gasteiger partial charge on any atom is 0.325 e. The van der Waals surface area contributed by atoms with Crippen molar-refractivity contribution in [3.05, 3.63) is 63.8 Å². The van der Waals surface area contributed by atoms with E-state index in [1.165, 1.54) is 16.8 Å². The summed E-state index contributed by atoms with van der Waals surface area (Å²) in [5.41, 5.74) is 5.55. The number of aliphatic carboxylic acids is 1. The van der Waals surface area contributed by atoms with E-state index < -0.39 is 12.0 Å². The Balaban J connectivity index is 1.57. The number of benzene rings is 2. The Kier molecular flexibility index (Phi) is 5.17. The molecule has 2 heterocycles. The van der Waals surface area contributed by atoms with Gasteiger partial charge in [-0.05, 0) is 43.7 Å². The van der Waals surface area contributed by atoms with Crippen molar-refractivity contribution in [1.29, 1.82) is 0 Å². The standard InChI is InChI=1S/C22H24BrN3O2/c1-14-3-6-20(15(2)11-14)25-7-9-26(10-8-25)21(22(27)28)18-13-24-19-5-4-16(23)12-17(18)19/h3-6,11-13,21,24H,7-10H2,1-2H3,(H,27,28)/t21-/m0/s1. The van der Waals surface area contributed by atoms with Gasteiger partial charge >= 0.3 is 5.97 Å². The van der Waals surface area contributed by atoms with Crippen LogP contribution in [0.1, 0.15) is 22.7 Å². The summed E-state index contributed by atoms with van der Waals surface area (Å²) >= 11 is 3.50. The van der Waals surface area contributed by atoms with E-state index in [1.807, 2.05) is 24.4 Å². The minimum Gasteiger partial charge on any atom is -0.480 e. The highest BCUT2D eigenvalue weighted by Crippen LogP contribution is 2.32. The Bertz CT molecular complexity index is 1020. The van der Waals surface area contributed by atoms with Crippen LogP contribution in [0.2, 0.25) is 0 Å². The Hall–Kier alpha value is -2.31. The molecular weight excluding hydrogens is 418 g/mol. The number of carboxylic acids is 1. The molecule has 1 aromatic heterocycles. The van der Waals surface area contributed by atoms with Gasteiger partial charge in [0.15, 0.2) is 0 Å². The van der Waals surface area contributed by atoms with Gasteiger partial charge in [0.05, 0.1) is 0 Å². The van der Waals surface area contributed by atoms with Crippen LogP contribution in [0.5, 0.6) is 0 Å². The fraction of sp³-hybridized carbons (Fsp3) is 0.318. The lowest BCUT2D eigenvalue weighted by atomic mass is 10.0. The van der Waals surface area contributed by atoms with Crippen LogP contribution in [0.3, 0.4) is 0 Å². The quantitative estimate of drug-likeness (QED) is 0.625. The van der Waals surface area contributed by atoms with Crippen molar-refractivity contribution in [2.75, 3.05) is 31.1 Å². The number of H-pyrrole nitrogens is 1. The highest BCUT2D eigenvalue weighted by Gasteiger charge is 2.32. The lowest BCUT2D eigenvalue weighted by Crippen LogP contribution is -2.49. The summed E-state index contributed by atoms with van der Waals surface area (Å²) in [6, 6.07) is 11.8. The number of carboxylic acid groups (broad SMARTS) is 1. The van der Waals surface area contributed by atoms with Crippen LogP contribution in [-0.2, 0) is 4.79 Å². The van der Waals surface area contributed by atoms with Crippen molar-refractivity contribution in [2.24, 2.45) is 0 Å². The lowest BCUT2D eigenvalue weighted by molar-refractivity contribution is -0.143. The zero-order valence-corrected chi connectivity index (χ0v) is 17.7. The molecule has 0 unspecified atom stereocenters. The first-order valence-corrected chi connectivity index (χ1v) is 10.3. The molecule has 1 aliphatic rings. The highest BCUT2D eigenvalue weighted by molar-refractivity contribution is 9.10. The summed E-state index contributed by atoms with van der Waals surface area (Å²) in [5.74, 6) is -0.805. The molecule has 0 radical (unpaired) electrons. The summed E-state index contributed by atoms with van der Waals surface area (Å²) in [7, 11) is 0. The molecule has 2 aromatic carbocycles. The van der Waals surface area contributed by atoms with Crippen molar-refractivity contribution in [2.45, 2.75) is 19.9 Å². The number of nitrogens with one attached hydrogen (secondary N) is 1. The normalized spacial score (nSPS) is 16.5. The Morgan fingerprint density at radius 3 is 2.54 bits per heavy atom. The van der Waals surface area contributed by atoms with Gasteiger partial charge in [-0.15, -0.1) is 0 Å². The number of rotatable bonds is 4. The number of carbonyl (C=O) groups is 1. The van der Waals surface area contributed by atoms with Gasteiger partial charge in [0, 0.05) is 59.0 Å². The number of hydrogen-bond acceptors (Lipinski definition) is 3. The lowest BCUT2D eigenvalue weighted by Gasteiger charge is -2.39. The van der Waals surface area contributed by atoms with Crippen LogP contribution in [0.4, 0.5) is 5.69 Å². The van der Waals surface area contributed by atoms with E-state index in [9.17, 15) is 9.90 Å². The van der Waals surface area contributed by atoms with Crippen LogP contribution in [0.15, 0.2) is 47.1 Å². The number of piperazine rings is 1. The Morgan fingerprint density at radius 2 is 1.86 bits per heavy atom. The predicted octanol–water partition coefficient (Wildman–Crippen LogP) is 4.50. The van der Waals surface area contributed by atoms with E-state index in [0.29, 0.717) is 13.1 Å². The molecule has 1 aliphatic heterocycles. The third-order valence-electron chi connectivity index (χ3n) is 5.58. The number of nitrogens with zero attached hydrogens (tertiary/aromatic N) is 2. The molecule has 5 nitrogen and oxygen atoms in total. The molecule has 0 saturated carbocycles. The molecule has 3 aromatic rings. The molecule has 0 amide bonds. The number of aromatic amines is 1. The molecule has 1 saturated heterocycles. The number of anilines is 1. The van der Waals surface area contributed by atoms with Gasteiger partial charge in [-0.25, -0.2) is 0 Å². The zero-order chi connectivity index (χ0) is 19.8. The first-order chi connectivity index (χ1) is 13.4. The van der Waals surface area contributed by atoms with Gasteiger partial charge in [-0.2, -0.15) is 0 Å². The van der Waals surface area contributed by atoms with Gasteiger partial charge < -0.3 is 15.0 Å². The van der Waals surface area contributed by atoms with E-state index in [2.05, 4.69) is 62.8 Å². The Labute approximate surface area is 173 Å². The second-order valence-corrected chi connectivity index (χ2v) is 8.40. The number of aryl methyl sites for hydroxylation is 2. The van der Waals surface area contributed by atoms with E-state index in [1.54, 1.807) is 0 Å². The number of halogens is 1. The second-order valence-electron chi connectivity index (χ2n) is 7.49. The van der Waals surface area contributed by atoms with Crippen LogP contribution in [0.25, 0.3) is 10.9 Å². The summed E-state index contributed by atoms with van der Waals surface area (Å²) < 4.78 is 0.949. The van der Waals surface area contributed by atoms with E-state index in [0.717, 1.165) is 34.0 Å². The van der Waals surface area contributed by atoms with E-state index in [4.69, 9.17) is 0 Å². The molecule has 1 fully saturated rings. The second kappa shape index (κ2) is 7.60. The first-order valence-electron chi connectivity index (χ1n) is 9.49. The van der Waals surface area contributed by atoms with Crippen molar-refractivity contribution in [3.63, 3.8) is 0 Å². The van der Waals surface area contributed by atoms with Gasteiger partial charge in [0.1, 0.15) is 6.04 Å². The van der Waals surface area contributed by atoms with Crippen molar-refractivity contribution in [1.82, 2.24) is 9.88 Å². The smallest absolute Gasteiger partial charge is 0.325 e. The fourth-order valence-corrected chi connectivity index (χ4v) is 4.57. The molecule has 0 aliphatic carbocycles. The monoisotopic (exact) mass is 441 g/mol. The molecule has 28 heavy (non-hydrogen) atoms. The van der Waals surface area contributed by atoms with Crippen molar-refractivity contribution >= 4 is 38.5 Å². The molecule has 4 rings (SSSR count). The van der Waals surface area contributed by atoms with Crippen molar-refractivity contribution < 1.29 is 9.90 Å². The zero-order valence-electron chi connectivity index (χ0n) is 16.1. The molecular formula is C22H24BrN3O2. The minimum absolute atomic E-state index is 0.649. The predicted molar refractivity (Wildman–Crippen MR) is 116 cm³/mol. The fourth-order valence-electron chi connectivity index (χ4n) is 4.21. The minimum atomic E-state index is -0.805. The molecule has 0 spiro atoms. The number of fused-ring (bicyclic) bond motifs is 1. The third kappa shape index (κ3) is 3.54. The van der Waals surface area contributed by atoms with Crippen LogP contribution in [-0.4, -0.2) is 47.1 Å². The molecule has 146 valence electrons. The summed E-state index contributed by atoms with van der Waals surface area (Å²) in [6.07, 6.45) is 1.84. The first kappa shape index (κ1) is 19.0. The topological polar surface area (TPSA) is 59.6 Å². The summed E-state index contributed by atoms with van der Waals surface area (Å²) in [4.78, 5) is 19.8. The maximum absolute atomic E-state index is 12.2. The van der Waals surface area contributed by atoms with Gasteiger partial charge in [-0.3, -0.25) is 9.69 Å². The average Bonchev–Trinajstić information content (AvgIpc) is 3.05. The summed E-state index contributed by atoms with van der Waals surface area (Å²) in [5, 5.41) is 11.0. The van der Waals surface area contributed by atoms with E-state index >= 15 is 0 Å². The van der Waals surface area contributed by atoms with Gasteiger partial charge in [0.25, 0.3) is 0 Å². The van der Waals surface area contributed by atoms with Crippen LogP contribution >= 0.6 is 15.9 Å². The van der Waals surface area contributed by atoms with Gasteiger partial charge in [0.2, 0.25) is 0 Å². The molecule has 0 bridgehead atoms. The van der Waals surface area contributed by atoms with Gasteiger partial charge in [-0.1, -0.05) is 33.6 Å². The highest BCUT2D eigenvalue weighted by atomic mass is 79.9. The number of aromatic nitrogens is 1. The Morgan fingerprint density at radius 1 is 1.11 bits per heavy atom. The number of hydrogen-bond donors (Lipinski definition) is 2. The van der Waals surface area contributed by atoms with Crippen LogP contribution in [0, 0.1) is 13.8 Å². The van der Waals surface area contributed by atoms with Crippen molar-refractivity contribution in [3.8, 4) is 0 Å². The molecule has 1 atom stereocenters. The van der Waals surface area contributed by atoms with Crippen LogP contribution < -0.4 is 4.90 Å². The SMILES string of the molecule is Cc1ccc(N2CCN([C@H](C(=O)O)c3c[nH]c4ccc(Br)cc34)CC2)c(C)c1. The largest absolute Gasteiger partial charge is 0.480 e. The molecule has 6 heteroatoms. The summed E-state index contributed by atoms with van der Waals surface area (Å²) in [6.45, 7) is 7.31. The maximum atomic E-state index is 12.2. The average molecular weight is 442 g/mol. The van der Waals surface area contributed by atoms with E-state index in [-0.39, 0.29) is 0 Å². The third-order valence-corrected chi connectivity index (χ3v) is 6.07. The molecule has 2 N–H and O–H groups in total.